The number of hydrogen-bond donors (Lipinski definition) is 2. The largest absolute Gasteiger partial charge is 0.462 e. The Morgan fingerprint density at radius 3 is 1.86 bits per heavy atom. The molecule has 0 saturated heterocycles. The Balaban J connectivity index is 0.00000361. The Hall–Kier alpha value is -3.26. The van der Waals surface area contributed by atoms with Gasteiger partial charge in [-0.3, -0.25) is 0 Å². The molecule has 0 aromatic heterocycles. The molecule has 5 heteroatoms. The number of rotatable bonds is 9. The first-order chi connectivity index (χ1) is 17.1. The number of hydrogen-bond acceptors (Lipinski definition) is 4. The first kappa shape index (κ1) is 27.3. The van der Waals surface area contributed by atoms with Gasteiger partial charge in [-0.1, -0.05) is 48.5 Å². The first-order valence-corrected chi connectivity index (χ1v) is 11.7. The number of ether oxygens (including phenoxy) is 1. The molecule has 0 aliphatic carbocycles. The molecule has 0 radical (unpaired) electrons. The van der Waals surface area contributed by atoms with Gasteiger partial charge in [-0.05, 0) is 65.4 Å². The van der Waals surface area contributed by atoms with E-state index in [2.05, 4.69) is 30.3 Å². The zero-order valence-electron chi connectivity index (χ0n) is 20.1. The minimum absolute atomic E-state index is 0. The Morgan fingerprint density at radius 2 is 1.31 bits per heavy atom. The van der Waals surface area contributed by atoms with Crippen LogP contribution in [0.5, 0.6) is 0 Å². The van der Waals surface area contributed by atoms with Crippen molar-refractivity contribution in [3.63, 3.8) is 0 Å². The molecule has 180 valence electrons. The van der Waals surface area contributed by atoms with E-state index in [0.717, 1.165) is 23.1 Å². The fourth-order valence-electron chi connectivity index (χ4n) is 3.99. The molecule has 0 fully saturated rings. The average Bonchev–Trinajstić information content (AvgIpc) is 2.88. The number of anilines is 2. The summed E-state index contributed by atoms with van der Waals surface area (Å²) in [5.41, 5.74) is 18.8. The molecule has 4 aromatic carbocycles. The molecular formula is C31H29N2O2U-. The fourth-order valence-corrected chi connectivity index (χ4v) is 3.99. The molecule has 0 heterocycles. The summed E-state index contributed by atoms with van der Waals surface area (Å²) in [4.78, 5) is 12.3. The summed E-state index contributed by atoms with van der Waals surface area (Å²) in [5.74, 6) is -0.286. The van der Waals surface area contributed by atoms with Gasteiger partial charge in [0.2, 0.25) is 0 Å². The Bertz CT molecular complexity index is 1210. The normalized spacial score (nSPS) is 10.8. The van der Waals surface area contributed by atoms with Crippen LogP contribution in [0.1, 0.15) is 40.2 Å². The van der Waals surface area contributed by atoms with Gasteiger partial charge < -0.3 is 16.2 Å². The predicted molar refractivity (Wildman–Crippen MR) is 143 cm³/mol. The number of nitrogens with two attached hydrogens (primary N) is 2. The number of esters is 1. The quantitative estimate of drug-likeness (QED) is 0.0971. The number of carbonyl (C=O) groups excluding carboxylic acids is 1. The Morgan fingerprint density at radius 1 is 0.778 bits per heavy atom. The van der Waals surface area contributed by atoms with E-state index in [4.69, 9.17) is 16.2 Å². The molecule has 0 atom stereocenters. The molecule has 0 spiro atoms. The van der Waals surface area contributed by atoms with E-state index >= 15 is 0 Å². The number of benzene rings is 4. The second kappa shape index (κ2) is 13.7. The van der Waals surface area contributed by atoms with Crippen molar-refractivity contribution in [2.24, 2.45) is 0 Å². The van der Waals surface area contributed by atoms with Crippen LogP contribution in [-0.4, -0.2) is 12.6 Å². The van der Waals surface area contributed by atoms with Crippen molar-refractivity contribution in [3.8, 4) is 0 Å². The van der Waals surface area contributed by atoms with E-state index in [9.17, 15) is 4.79 Å². The second-order valence-electron chi connectivity index (χ2n) is 8.50. The van der Waals surface area contributed by atoms with Crippen LogP contribution >= 0.6 is 0 Å². The third-order valence-corrected chi connectivity index (χ3v) is 5.92. The summed E-state index contributed by atoms with van der Waals surface area (Å²) in [5, 5.41) is 0. The van der Waals surface area contributed by atoms with Crippen LogP contribution in [0, 0.1) is 37.2 Å². The maximum atomic E-state index is 12.3. The van der Waals surface area contributed by atoms with Gasteiger partial charge in [-0.15, -0.1) is 0 Å². The zero-order chi connectivity index (χ0) is 24.5. The Kier molecular flexibility index (Phi) is 10.4. The van der Waals surface area contributed by atoms with Crippen molar-refractivity contribution >= 4 is 23.4 Å². The standard InChI is InChI=1S/C31H29N2O2.U/c32-28-15-11-26(12-16-28)30(27-13-17-29(33)18-14-27)20-21-35-31(34)19-10-23-6-8-25(9-7-23)22-24-4-2-1-3-5-24;/h2-19,30H,20-22,32-33H2;/q-1;/b19-10+;. The van der Waals surface area contributed by atoms with Crippen LogP contribution in [-0.2, 0) is 16.0 Å². The van der Waals surface area contributed by atoms with Crippen LogP contribution in [0.15, 0.2) is 103 Å². The molecule has 0 aliphatic heterocycles. The van der Waals surface area contributed by atoms with Crippen molar-refractivity contribution in [3.05, 3.63) is 137 Å². The van der Waals surface area contributed by atoms with E-state index in [1.807, 2.05) is 72.8 Å². The van der Waals surface area contributed by atoms with Gasteiger partial charge >= 0.3 is 5.97 Å². The van der Waals surface area contributed by atoms with Gasteiger partial charge in [-0.25, -0.2) is 4.79 Å². The summed E-state index contributed by atoms with van der Waals surface area (Å²) >= 11 is 0. The maximum Gasteiger partial charge on any atom is 0.330 e. The molecule has 4 aromatic rings. The minimum Gasteiger partial charge on any atom is -0.462 e. The van der Waals surface area contributed by atoms with E-state index in [1.165, 1.54) is 17.2 Å². The minimum atomic E-state index is -0.358. The molecule has 4 nitrogen and oxygen atoms in total. The van der Waals surface area contributed by atoms with Gasteiger partial charge in [0.1, 0.15) is 0 Å². The van der Waals surface area contributed by atoms with Gasteiger partial charge in [0.25, 0.3) is 0 Å². The predicted octanol–water partition coefficient (Wildman–Crippen LogP) is 6.02. The molecule has 4 rings (SSSR count). The van der Waals surface area contributed by atoms with E-state index < -0.39 is 0 Å². The molecule has 0 bridgehead atoms. The third-order valence-electron chi connectivity index (χ3n) is 5.92. The van der Waals surface area contributed by atoms with Crippen molar-refractivity contribution in [1.82, 2.24) is 0 Å². The van der Waals surface area contributed by atoms with Crippen LogP contribution in [0.4, 0.5) is 11.4 Å². The average molecular weight is 700 g/mol. The van der Waals surface area contributed by atoms with Crippen molar-refractivity contribution in [1.29, 1.82) is 0 Å². The molecule has 4 N–H and O–H groups in total. The van der Waals surface area contributed by atoms with Crippen LogP contribution < -0.4 is 11.5 Å². The van der Waals surface area contributed by atoms with Crippen LogP contribution in [0.25, 0.3) is 6.08 Å². The smallest absolute Gasteiger partial charge is 0.330 e. The topological polar surface area (TPSA) is 78.3 Å². The molecule has 0 saturated carbocycles. The summed E-state index contributed by atoms with van der Waals surface area (Å²) in [6.45, 7) is 0.302. The van der Waals surface area contributed by atoms with Crippen LogP contribution in [0.3, 0.4) is 0 Å². The molecule has 36 heavy (non-hydrogen) atoms. The molecule has 0 amide bonds. The number of nitrogen functional groups attached to an aromatic ring is 2. The Labute approximate surface area is 236 Å². The SMILES string of the molecule is Nc1ccc(C(CCOC(=O)/C=C/c2ccc(Cc3cc[c-]cc3)cc2)c2ccc(N)cc2)cc1.[U]. The zero-order valence-corrected chi connectivity index (χ0v) is 24.2. The van der Waals surface area contributed by atoms with Gasteiger partial charge in [-0.2, -0.15) is 35.9 Å². The molecular weight excluding hydrogens is 670 g/mol. The molecule has 0 unspecified atom stereocenters. The second-order valence-corrected chi connectivity index (χ2v) is 8.50. The van der Waals surface area contributed by atoms with Crippen LogP contribution in [0.2, 0.25) is 0 Å². The summed E-state index contributed by atoms with van der Waals surface area (Å²) in [6.07, 6.45) is 4.77. The van der Waals surface area contributed by atoms with Crippen molar-refractivity contribution < 1.29 is 40.6 Å². The summed E-state index contributed by atoms with van der Waals surface area (Å²) in [6, 6.07) is 34.8. The monoisotopic (exact) mass is 699 g/mol. The van der Waals surface area contributed by atoms with Crippen molar-refractivity contribution in [2.45, 2.75) is 18.8 Å². The third kappa shape index (κ3) is 8.16. The maximum absolute atomic E-state index is 12.3. The number of carbonyl (C=O) groups is 1. The van der Waals surface area contributed by atoms with E-state index in [-0.39, 0.29) is 43.0 Å². The van der Waals surface area contributed by atoms with E-state index in [1.54, 1.807) is 6.08 Å². The van der Waals surface area contributed by atoms with Gasteiger partial charge in [0.05, 0.1) is 6.61 Å². The fraction of sp³-hybridized carbons (Fsp3) is 0.129. The van der Waals surface area contributed by atoms with Gasteiger partial charge in [0, 0.05) is 54.5 Å². The van der Waals surface area contributed by atoms with E-state index in [0.29, 0.717) is 24.4 Å². The molecule has 0 aliphatic rings. The summed E-state index contributed by atoms with van der Waals surface area (Å²) < 4.78 is 5.51. The van der Waals surface area contributed by atoms with Gasteiger partial charge in [0.15, 0.2) is 0 Å². The van der Waals surface area contributed by atoms with Crippen molar-refractivity contribution in [2.75, 3.05) is 18.1 Å². The summed E-state index contributed by atoms with van der Waals surface area (Å²) in [7, 11) is 0. The first-order valence-electron chi connectivity index (χ1n) is 11.7.